The van der Waals surface area contributed by atoms with Gasteiger partial charge < -0.3 is 5.32 Å². The number of nitrogens with one attached hydrogen (secondary N) is 1. The van der Waals surface area contributed by atoms with Gasteiger partial charge >= 0.3 is 0 Å². The summed E-state index contributed by atoms with van der Waals surface area (Å²) < 4.78 is 0. The number of hydrogen-bond acceptors (Lipinski definition) is 3. The molecule has 1 heterocycles. The van der Waals surface area contributed by atoms with Crippen molar-refractivity contribution in [3.63, 3.8) is 0 Å². The van der Waals surface area contributed by atoms with Gasteiger partial charge in [-0.2, -0.15) is 0 Å². The second-order valence-electron chi connectivity index (χ2n) is 4.44. The molecule has 0 bridgehead atoms. The summed E-state index contributed by atoms with van der Waals surface area (Å²) in [6, 6.07) is 0. The van der Waals surface area contributed by atoms with Crippen LogP contribution in [0.4, 0.5) is 0 Å². The van der Waals surface area contributed by atoms with Crippen molar-refractivity contribution in [3.8, 4) is 0 Å². The maximum Gasteiger partial charge on any atom is 0.156 e. The third kappa shape index (κ3) is 7.15. The zero-order valence-electron chi connectivity index (χ0n) is 10.6. The second-order valence-corrected chi connectivity index (χ2v) is 5.52. The molecule has 0 saturated carbocycles. The average molecular weight is 242 g/mol. The summed E-state index contributed by atoms with van der Waals surface area (Å²) >= 11 is 1.89. The monoisotopic (exact) mass is 242 g/mol. The molecule has 0 radical (unpaired) electrons. The van der Waals surface area contributed by atoms with Gasteiger partial charge in [-0.25, -0.2) is 0 Å². The highest BCUT2D eigenvalue weighted by Gasteiger charge is 2.03. The Morgan fingerprint density at radius 1 is 1.06 bits per heavy atom. The molecule has 1 aliphatic rings. The molecule has 3 heteroatoms. The first kappa shape index (κ1) is 13.9. The summed E-state index contributed by atoms with van der Waals surface area (Å²) in [4.78, 5) is 4.37. The van der Waals surface area contributed by atoms with E-state index in [9.17, 15) is 0 Å². The van der Waals surface area contributed by atoms with E-state index in [1.165, 1.54) is 62.3 Å². The highest BCUT2D eigenvalue weighted by atomic mass is 32.2. The van der Waals surface area contributed by atoms with Crippen LogP contribution in [-0.4, -0.2) is 24.0 Å². The SMILES string of the molecule is CCCCCCCCCCSC1=NCCN1. The van der Waals surface area contributed by atoms with Crippen molar-refractivity contribution in [2.45, 2.75) is 58.3 Å². The minimum Gasteiger partial charge on any atom is -0.363 e. The molecule has 1 N–H and O–H groups in total. The van der Waals surface area contributed by atoms with E-state index in [1.54, 1.807) is 0 Å². The fraction of sp³-hybridized carbons (Fsp3) is 0.923. The maximum absolute atomic E-state index is 4.37. The van der Waals surface area contributed by atoms with Gasteiger partial charge in [0.25, 0.3) is 0 Å². The Hall–Kier alpha value is -0.180. The van der Waals surface area contributed by atoms with Crippen LogP contribution in [0.3, 0.4) is 0 Å². The number of hydrogen-bond donors (Lipinski definition) is 1. The topological polar surface area (TPSA) is 24.4 Å². The number of aliphatic imine (C=N–C) groups is 1. The summed E-state index contributed by atoms with van der Waals surface area (Å²) in [6.45, 7) is 4.29. The Morgan fingerprint density at radius 2 is 1.75 bits per heavy atom. The summed E-state index contributed by atoms with van der Waals surface area (Å²) in [6.07, 6.45) is 11.2. The van der Waals surface area contributed by atoms with Gasteiger partial charge in [0.2, 0.25) is 0 Å². The fourth-order valence-corrected chi connectivity index (χ4v) is 2.81. The lowest BCUT2D eigenvalue weighted by Gasteiger charge is -2.02. The summed E-state index contributed by atoms with van der Waals surface area (Å²) in [7, 11) is 0. The number of unbranched alkanes of at least 4 members (excludes halogenated alkanes) is 7. The van der Waals surface area contributed by atoms with E-state index < -0.39 is 0 Å². The predicted molar refractivity (Wildman–Crippen MR) is 75.4 cm³/mol. The van der Waals surface area contributed by atoms with Gasteiger partial charge in [-0.3, -0.25) is 4.99 Å². The quantitative estimate of drug-likeness (QED) is 0.622. The molecule has 0 aromatic rings. The predicted octanol–water partition coefficient (Wildman–Crippen LogP) is 3.82. The highest BCUT2D eigenvalue weighted by molar-refractivity contribution is 8.13. The van der Waals surface area contributed by atoms with E-state index in [2.05, 4.69) is 17.2 Å². The Kier molecular flexibility index (Phi) is 8.68. The van der Waals surface area contributed by atoms with Gasteiger partial charge in [0.05, 0.1) is 6.54 Å². The number of rotatable bonds is 9. The van der Waals surface area contributed by atoms with E-state index >= 15 is 0 Å². The van der Waals surface area contributed by atoms with Crippen molar-refractivity contribution < 1.29 is 0 Å². The molecular formula is C13H26N2S. The van der Waals surface area contributed by atoms with E-state index in [-0.39, 0.29) is 0 Å². The number of nitrogens with zero attached hydrogens (tertiary/aromatic N) is 1. The van der Waals surface area contributed by atoms with E-state index in [0.717, 1.165) is 13.1 Å². The second kappa shape index (κ2) is 10.0. The van der Waals surface area contributed by atoms with Gasteiger partial charge in [0, 0.05) is 12.3 Å². The van der Waals surface area contributed by atoms with Gasteiger partial charge in [0.1, 0.15) is 0 Å². The van der Waals surface area contributed by atoms with Crippen LogP contribution >= 0.6 is 11.8 Å². The molecule has 0 aromatic carbocycles. The molecule has 0 aromatic heterocycles. The molecule has 2 nitrogen and oxygen atoms in total. The molecule has 1 aliphatic heterocycles. The smallest absolute Gasteiger partial charge is 0.156 e. The first-order valence-electron chi connectivity index (χ1n) is 6.84. The van der Waals surface area contributed by atoms with E-state index in [0.29, 0.717) is 0 Å². The summed E-state index contributed by atoms with van der Waals surface area (Å²) in [5.74, 6) is 1.24. The van der Waals surface area contributed by atoms with Crippen molar-refractivity contribution in [2.75, 3.05) is 18.8 Å². The van der Waals surface area contributed by atoms with E-state index in [4.69, 9.17) is 0 Å². The van der Waals surface area contributed by atoms with Crippen molar-refractivity contribution >= 4 is 16.9 Å². The molecule has 0 saturated heterocycles. The zero-order valence-corrected chi connectivity index (χ0v) is 11.5. The maximum atomic E-state index is 4.37. The Bertz CT molecular complexity index is 192. The van der Waals surface area contributed by atoms with Gasteiger partial charge in [-0.1, -0.05) is 63.6 Å². The molecule has 94 valence electrons. The molecule has 0 unspecified atom stereocenters. The highest BCUT2D eigenvalue weighted by Crippen LogP contribution is 2.12. The fourth-order valence-electron chi connectivity index (χ4n) is 1.88. The standard InChI is InChI=1S/C13H26N2S/c1-2-3-4-5-6-7-8-9-12-16-13-14-10-11-15-13/h2-12H2,1H3,(H,14,15). The van der Waals surface area contributed by atoms with Crippen molar-refractivity contribution in [3.05, 3.63) is 0 Å². The lowest BCUT2D eigenvalue weighted by molar-refractivity contribution is 0.586. The molecule has 0 amide bonds. The number of thioether (sulfide) groups is 1. The van der Waals surface area contributed by atoms with E-state index in [1.807, 2.05) is 11.8 Å². The molecule has 0 aliphatic carbocycles. The van der Waals surface area contributed by atoms with Gasteiger partial charge in [-0.05, 0) is 6.42 Å². The normalized spacial score (nSPS) is 14.9. The molecule has 0 atom stereocenters. The lowest BCUT2D eigenvalue weighted by atomic mass is 10.1. The summed E-state index contributed by atoms with van der Waals surface area (Å²) in [5, 5.41) is 4.46. The largest absolute Gasteiger partial charge is 0.363 e. The zero-order chi connectivity index (χ0) is 11.5. The van der Waals surface area contributed by atoms with Crippen LogP contribution < -0.4 is 5.32 Å². The number of amidine groups is 1. The Morgan fingerprint density at radius 3 is 2.38 bits per heavy atom. The first-order chi connectivity index (χ1) is 7.93. The van der Waals surface area contributed by atoms with Gasteiger partial charge in [0.15, 0.2) is 5.17 Å². The minimum absolute atomic E-state index is 0.972. The third-order valence-electron chi connectivity index (χ3n) is 2.88. The van der Waals surface area contributed by atoms with Crippen LogP contribution in [0.5, 0.6) is 0 Å². The first-order valence-corrected chi connectivity index (χ1v) is 7.83. The Labute approximate surface area is 105 Å². The molecule has 16 heavy (non-hydrogen) atoms. The molecular weight excluding hydrogens is 216 g/mol. The third-order valence-corrected chi connectivity index (χ3v) is 3.92. The Balaban J connectivity index is 1.74. The lowest BCUT2D eigenvalue weighted by Crippen LogP contribution is -2.15. The van der Waals surface area contributed by atoms with Crippen molar-refractivity contribution in [1.82, 2.24) is 5.32 Å². The molecule has 0 spiro atoms. The van der Waals surface area contributed by atoms with Crippen LogP contribution in [-0.2, 0) is 0 Å². The summed E-state index contributed by atoms with van der Waals surface area (Å²) in [5.41, 5.74) is 0. The van der Waals surface area contributed by atoms with Crippen LogP contribution in [0.25, 0.3) is 0 Å². The average Bonchev–Trinajstić information content (AvgIpc) is 2.80. The van der Waals surface area contributed by atoms with Gasteiger partial charge in [-0.15, -0.1) is 0 Å². The van der Waals surface area contributed by atoms with Crippen LogP contribution in [0.1, 0.15) is 58.3 Å². The van der Waals surface area contributed by atoms with Crippen molar-refractivity contribution in [1.29, 1.82) is 0 Å². The van der Waals surface area contributed by atoms with Crippen LogP contribution in [0, 0.1) is 0 Å². The van der Waals surface area contributed by atoms with Crippen LogP contribution in [0.2, 0.25) is 0 Å². The minimum atomic E-state index is 0.972. The molecule has 1 rings (SSSR count). The molecule has 0 fully saturated rings. The van der Waals surface area contributed by atoms with Crippen molar-refractivity contribution in [2.24, 2.45) is 4.99 Å². The van der Waals surface area contributed by atoms with Crippen LogP contribution in [0.15, 0.2) is 4.99 Å².